The van der Waals surface area contributed by atoms with Crippen LogP contribution in [0, 0.1) is 13.8 Å². The van der Waals surface area contributed by atoms with Gasteiger partial charge in [0.1, 0.15) is 17.1 Å². The van der Waals surface area contributed by atoms with Gasteiger partial charge in [0.2, 0.25) is 0 Å². The summed E-state index contributed by atoms with van der Waals surface area (Å²) in [6.07, 6.45) is 2.03. The van der Waals surface area contributed by atoms with Crippen LogP contribution >= 0.6 is 0 Å². The molecule has 4 N–H and O–H groups in total. The Hall–Kier alpha value is -2.80. The average Bonchev–Trinajstić information content (AvgIpc) is 3.09. The second kappa shape index (κ2) is 11.6. The van der Waals surface area contributed by atoms with E-state index in [1.54, 1.807) is 6.92 Å². The summed E-state index contributed by atoms with van der Waals surface area (Å²) in [7, 11) is 0. The van der Waals surface area contributed by atoms with Crippen molar-refractivity contribution < 1.29 is 14.3 Å². The van der Waals surface area contributed by atoms with Gasteiger partial charge >= 0.3 is 0 Å². The highest BCUT2D eigenvalue weighted by atomic mass is 16.3. The Morgan fingerprint density at radius 2 is 1.84 bits per heavy atom. The van der Waals surface area contributed by atoms with Gasteiger partial charge in [-0.1, -0.05) is 25.5 Å². The van der Waals surface area contributed by atoms with Gasteiger partial charge in [-0.25, -0.2) is 4.99 Å². The summed E-state index contributed by atoms with van der Waals surface area (Å²) in [5.74, 6) is 2.05. The predicted molar refractivity (Wildman–Crippen MR) is 124 cm³/mol. The number of aliphatic hydroxyl groups is 1. The van der Waals surface area contributed by atoms with E-state index in [1.165, 1.54) is 0 Å². The number of carbonyl (C=O) groups excluding carboxylic acids is 1. The van der Waals surface area contributed by atoms with Crippen molar-refractivity contribution in [3.8, 4) is 0 Å². The highest BCUT2D eigenvalue weighted by Crippen LogP contribution is 2.26. The fourth-order valence-electron chi connectivity index (χ4n) is 3.27. The minimum absolute atomic E-state index is 0.0504. The molecule has 1 amide bonds. The van der Waals surface area contributed by atoms with Gasteiger partial charge in [-0.3, -0.25) is 4.79 Å². The monoisotopic (exact) mass is 428 g/mol. The molecule has 1 heterocycles. The van der Waals surface area contributed by atoms with Gasteiger partial charge in [0.25, 0.3) is 5.91 Å². The lowest BCUT2D eigenvalue weighted by Crippen LogP contribution is -2.44. The largest absolute Gasteiger partial charge is 0.466 e. The smallest absolute Gasteiger partial charge is 0.251 e. The molecule has 2 rings (SSSR count). The summed E-state index contributed by atoms with van der Waals surface area (Å²) in [5.41, 5.74) is 1.32. The van der Waals surface area contributed by atoms with E-state index in [0.717, 1.165) is 29.7 Å². The van der Waals surface area contributed by atoms with E-state index in [2.05, 4.69) is 27.9 Å². The molecule has 0 radical (unpaired) electrons. The van der Waals surface area contributed by atoms with Crippen LogP contribution in [0.2, 0.25) is 0 Å². The van der Waals surface area contributed by atoms with Crippen molar-refractivity contribution in [2.24, 2.45) is 4.99 Å². The van der Waals surface area contributed by atoms with E-state index in [1.807, 2.05) is 51.1 Å². The van der Waals surface area contributed by atoms with Crippen LogP contribution < -0.4 is 16.0 Å². The maximum Gasteiger partial charge on any atom is 0.251 e. The average molecular weight is 429 g/mol. The van der Waals surface area contributed by atoms with Gasteiger partial charge in [-0.2, -0.15) is 0 Å². The SMILES string of the molecule is CCCCNC(=O)c1ccc(CN=C(NCC)NCC(C)(O)c2cc(C)oc2C)cc1. The van der Waals surface area contributed by atoms with E-state index in [9.17, 15) is 9.90 Å². The number of rotatable bonds is 10. The lowest BCUT2D eigenvalue weighted by molar-refractivity contribution is 0.0601. The third-order valence-electron chi connectivity index (χ3n) is 5.02. The fourth-order valence-corrected chi connectivity index (χ4v) is 3.27. The first-order valence-electron chi connectivity index (χ1n) is 11.0. The number of nitrogens with one attached hydrogen (secondary N) is 3. The van der Waals surface area contributed by atoms with Crippen LogP contribution in [-0.4, -0.2) is 36.6 Å². The normalized spacial score (nSPS) is 13.5. The van der Waals surface area contributed by atoms with Crippen LogP contribution in [0.25, 0.3) is 0 Å². The number of furan rings is 1. The second-order valence-corrected chi connectivity index (χ2v) is 7.96. The van der Waals surface area contributed by atoms with Gasteiger partial charge in [-0.05, 0) is 57.9 Å². The van der Waals surface area contributed by atoms with Crippen LogP contribution in [0.5, 0.6) is 0 Å². The standard InChI is InChI=1S/C24H36N4O3/c1-6-8-13-26-22(29)20-11-9-19(10-12-20)15-27-23(25-7-2)28-16-24(5,30)21-14-17(3)31-18(21)4/h9-12,14,30H,6-8,13,15-16H2,1-5H3,(H,26,29)(H2,25,27,28). The molecule has 2 aromatic rings. The zero-order valence-corrected chi connectivity index (χ0v) is 19.3. The number of hydrogen-bond donors (Lipinski definition) is 4. The molecule has 7 heteroatoms. The second-order valence-electron chi connectivity index (χ2n) is 7.96. The van der Waals surface area contributed by atoms with Crippen LogP contribution in [0.3, 0.4) is 0 Å². The number of aliphatic imine (C=N–C) groups is 1. The third-order valence-corrected chi connectivity index (χ3v) is 5.02. The first kappa shape index (κ1) is 24.5. The van der Waals surface area contributed by atoms with Crippen LogP contribution in [0.4, 0.5) is 0 Å². The van der Waals surface area contributed by atoms with Gasteiger partial charge < -0.3 is 25.5 Å². The molecule has 0 fully saturated rings. The van der Waals surface area contributed by atoms with Crippen molar-refractivity contribution in [3.05, 3.63) is 58.5 Å². The first-order valence-corrected chi connectivity index (χ1v) is 11.0. The van der Waals surface area contributed by atoms with Crippen LogP contribution in [0.15, 0.2) is 39.7 Å². The highest BCUT2D eigenvalue weighted by molar-refractivity contribution is 5.94. The molecule has 0 aliphatic rings. The molecular formula is C24H36N4O3. The van der Waals surface area contributed by atoms with E-state index < -0.39 is 5.60 Å². The Morgan fingerprint density at radius 3 is 2.42 bits per heavy atom. The van der Waals surface area contributed by atoms with Gasteiger partial charge in [0, 0.05) is 24.2 Å². The number of aryl methyl sites for hydroxylation is 2. The molecule has 1 aromatic heterocycles. The molecule has 31 heavy (non-hydrogen) atoms. The number of amides is 1. The molecule has 1 aromatic carbocycles. The minimum Gasteiger partial charge on any atom is -0.466 e. The maximum absolute atomic E-state index is 12.1. The number of guanidine groups is 1. The third kappa shape index (κ3) is 7.43. The minimum atomic E-state index is -1.09. The maximum atomic E-state index is 12.1. The molecular weight excluding hydrogens is 392 g/mol. The van der Waals surface area contributed by atoms with Gasteiger partial charge in [-0.15, -0.1) is 0 Å². The van der Waals surface area contributed by atoms with Crippen molar-refractivity contribution in [2.45, 2.75) is 59.6 Å². The molecule has 0 saturated heterocycles. The van der Waals surface area contributed by atoms with Crippen molar-refractivity contribution in [3.63, 3.8) is 0 Å². The number of benzene rings is 1. The number of hydrogen-bond acceptors (Lipinski definition) is 4. The quantitative estimate of drug-likeness (QED) is 0.264. The summed E-state index contributed by atoms with van der Waals surface area (Å²) in [5, 5.41) is 20.2. The van der Waals surface area contributed by atoms with E-state index >= 15 is 0 Å². The Bertz CT molecular complexity index is 869. The predicted octanol–water partition coefficient (Wildman–Crippen LogP) is 3.39. The van der Waals surface area contributed by atoms with Gasteiger partial charge in [0.05, 0.1) is 13.1 Å². The van der Waals surface area contributed by atoms with Crippen molar-refractivity contribution in [1.29, 1.82) is 0 Å². The Kier molecular flexibility index (Phi) is 9.12. The molecule has 1 atom stereocenters. The number of nitrogens with zero attached hydrogens (tertiary/aromatic N) is 1. The van der Waals surface area contributed by atoms with Gasteiger partial charge in [0.15, 0.2) is 5.96 Å². The Morgan fingerprint density at radius 1 is 1.13 bits per heavy atom. The molecule has 0 bridgehead atoms. The fraction of sp³-hybridized carbons (Fsp3) is 0.500. The molecule has 0 spiro atoms. The van der Waals surface area contributed by atoms with E-state index in [-0.39, 0.29) is 12.5 Å². The van der Waals surface area contributed by atoms with E-state index in [4.69, 9.17) is 4.42 Å². The lowest BCUT2D eigenvalue weighted by Gasteiger charge is -2.24. The molecule has 0 aliphatic heterocycles. The van der Waals surface area contributed by atoms with Crippen molar-refractivity contribution in [2.75, 3.05) is 19.6 Å². The Balaban J connectivity index is 1.97. The molecule has 7 nitrogen and oxygen atoms in total. The summed E-state index contributed by atoms with van der Waals surface area (Å²) in [4.78, 5) is 16.7. The molecule has 0 saturated carbocycles. The zero-order chi connectivity index (χ0) is 22.9. The zero-order valence-electron chi connectivity index (χ0n) is 19.3. The lowest BCUT2D eigenvalue weighted by atomic mass is 9.96. The molecule has 0 aliphatic carbocycles. The van der Waals surface area contributed by atoms with Crippen LogP contribution in [-0.2, 0) is 12.1 Å². The molecule has 170 valence electrons. The highest BCUT2D eigenvalue weighted by Gasteiger charge is 2.27. The number of carbonyl (C=O) groups is 1. The number of unbranched alkanes of at least 4 members (excludes halogenated alkanes) is 1. The summed E-state index contributed by atoms with van der Waals surface area (Å²) < 4.78 is 5.55. The van der Waals surface area contributed by atoms with Crippen LogP contribution in [0.1, 0.15) is 66.6 Å². The molecule has 1 unspecified atom stereocenters. The van der Waals surface area contributed by atoms with Crippen molar-refractivity contribution >= 4 is 11.9 Å². The first-order chi connectivity index (χ1) is 14.8. The topological polar surface area (TPSA) is 98.9 Å². The summed E-state index contributed by atoms with van der Waals surface area (Å²) >= 11 is 0. The Labute approximate surface area is 185 Å². The summed E-state index contributed by atoms with van der Waals surface area (Å²) in [6.45, 7) is 11.7. The van der Waals surface area contributed by atoms with Crippen molar-refractivity contribution in [1.82, 2.24) is 16.0 Å². The van der Waals surface area contributed by atoms with E-state index in [0.29, 0.717) is 36.9 Å². The summed E-state index contributed by atoms with van der Waals surface area (Å²) in [6, 6.07) is 9.33.